The lowest BCUT2D eigenvalue weighted by molar-refractivity contribution is -0.143. The number of rotatable bonds is 9. The number of benzene rings is 1. The van der Waals surface area contributed by atoms with Gasteiger partial charge in [-0.15, -0.1) is 0 Å². The van der Waals surface area contributed by atoms with Crippen LogP contribution in [0.3, 0.4) is 0 Å². The number of amides is 3. The molecule has 0 saturated heterocycles. The van der Waals surface area contributed by atoms with Crippen LogP contribution in [0.5, 0.6) is 0 Å². The number of nitrogens with one attached hydrogen (secondary N) is 2. The van der Waals surface area contributed by atoms with Crippen LogP contribution in [0.4, 0.5) is 4.79 Å². The zero-order valence-electron chi connectivity index (χ0n) is 19.4. The molecule has 0 fully saturated rings. The minimum atomic E-state index is -1.04. The summed E-state index contributed by atoms with van der Waals surface area (Å²) in [7, 11) is 2.66. The molecule has 10 heteroatoms. The quantitative estimate of drug-likeness (QED) is 0.377. The topological polar surface area (TPSA) is 114 Å². The Morgan fingerprint density at radius 2 is 1.72 bits per heavy atom. The Morgan fingerprint density at radius 1 is 1.12 bits per heavy atom. The van der Waals surface area contributed by atoms with Crippen molar-refractivity contribution >= 4 is 36.5 Å². The van der Waals surface area contributed by atoms with Crippen LogP contribution in [-0.4, -0.2) is 66.9 Å². The molecule has 0 radical (unpaired) electrons. The number of likely N-dealkylation sites (N-methyl/N-ethyl adjacent to an activating group) is 1. The number of aryl methyl sites for hydroxylation is 1. The Balaban J connectivity index is 3.13. The first-order valence-electron chi connectivity index (χ1n) is 10.2. The van der Waals surface area contributed by atoms with Gasteiger partial charge in [0.2, 0.25) is 11.8 Å². The van der Waals surface area contributed by atoms with Crippen LogP contribution >= 0.6 is 12.6 Å². The summed E-state index contributed by atoms with van der Waals surface area (Å²) in [4.78, 5) is 50.9. The monoisotopic (exact) mass is 467 g/mol. The summed E-state index contributed by atoms with van der Waals surface area (Å²) >= 11 is 4.17. The van der Waals surface area contributed by atoms with Gasteiger partial charge in [-0.2, -0.15) is 12.6 Å². The molecular weight excluding hydrogens is 434 g/mol. The molecule has 1 aromatic rings. The van der Waals surface area contributed by atoms with Crippen molar-refractivity contribution in [3.63, 3.8) is 0 Å². The number of hydrogen-bond acceptors (Lipinski definition) is 7. The standard InChI is InChI=1S/C22H33N3O6S/c1-7-14-8-10-15(11-9-14)18(19(27)23-12-17(26)30-6)25(5)20(28)16(13-32)24-21(29)31-22(2,3)4/h8-11,16,18,32H,7,12-13H2,1-6H3,(H,23,27)(H,24,29). The van der Waals surface area contributed by atoms with Gasteiger partial charge in [-0.1, -0.05) is 31.2 Å². The second kappa shape index (κ2) is 12.3. The van der Waals surface area contributed by atoms with E-state index >= 15 is 0 Å². The van der Waals surface area contributed by atoms with E-state index in [0.29, 0.717) is 5.56 Å². The normalized spacial score (nSPS) is 12.8. The first kappa shape index (κ1) is 27.3. The molecule has 178 valence electrons. The smallest absolute Gasteiger partial charge is 0.408 e. The van der Waals surface area contributed by atoms with Gasteiger partial charge in [0, 0.05) is 12.8 Å². The highest BCUT2D eigenvalue weighted by atomic mass is 32.1. The molecule has 2 atom stereocenters. The highest BCUT2D eigenvalue weighted by Gasteiger charge is 2.33. The number of carbonyl (C=O) groups excluding carboxylic acids is 4. The van der Waals surface area contributed by atoms with Gasteiger partial charge in [0.15, 0.2) is 0 Å². The molecule has 32 heavy (non-hydrogen) atoms. The summed E-state index contributed by atoms with van der Waals surface area (Å²) in [5.41, 5.74) is 0.879. The second-order valence-corrected chi connectivity index (χ2v) is 8.49. The number of carbonyl (C=O) groups is 4. The molecule has 2 N–H and O–H groups in total. The molecule has 0 bridgehead atoms. The summed E-state index contributed by atoms with van der Waals surface area (Å²) in [6.45, 7) is 6.78. The van der Waals surface area contributed by atoms with E-state index in [-0.39, 0.29) is 12.3 Å². The lowest BCUT2D eigenvalue weighted by Gasteiger charge is -2.31. The van der Waals surface area contributed by atoms with Crippen molar-refractivity contribution in [3.8, 4) is 0 Å². The molecule has 1 aromatic carbocycles. The highest BCUT2D eigenvalue weighted by Crippen LogP contribution is 2.22. The summed E-state index contributed by atoms with van der Waals surface area (Å²) in [6.07, 6.45) is 0.0489. The lowest BCUT2D eigenvalue weighted by atomic mass is 10.0. The minimum absolute atomic E-state index is 0.00626. The molecule has 0 heterocycles. The van der Waals surface area contributed by atoms with E-state index in [1.165, 1.54) is 19.1 Å². The second-order valence-electron chi connectivity index (χ2n) is 8.12. The van der Waals surface area contributed by atoms with Crippen LogP contribution in [0.25, 0.3) is 0 Å². The number of methoxy groups -OCH3 is 1. The first-order valence-corrected chi connectivity index (χ1v) is 10.9. The number of nitrogens with zero attached hydrogens (tertiary/aromatic N) is 1. The van der Waals surface area contributed by atoms with E-state index in [4.69, 9.17) is 4.74 Å². The van der Waals surface area contributed by atoms with Crippen molar-refractivity contribution in [3.05, 3.63) is 35.4 Å². The maximum absolute atomic E-state index is 13.1. The Morgan fingerprint density at radius 3 is 2.19 bits per heavy atom. The average molecular weight is 468 g/mol. The number of esters is 1. The predicted octanol–water partition coefficient (Wildman–Crippen LogP) is 1.86. The van der Waals surface area contributed by atoms with Gasteiger partial charge in [0.05, 0.1) is 7.11 Å². The van der Waals surface area contributed by atoms with Gasteiger partial charge >= 0.3 is 12.1 Å². The van der Waals surface area contributed by atoms with Crippen molar-refractivity contribution < 1.29 is 28.7 Å². The van der Waals surface area contributed by atoms with Crippen molar-refractivity contribution in [2.75, 3.05) is 26.5 Å². The van der Waals surface area contributed by atoms with Crippen LogP contribution < -0.4 is 10.6 Å². The van der Waals surface area contributed by atoms with Crippen molar-refractivity contribution in [2.24, 2.45) is 0 Å². The summed E-state index contributed by atoms with van der Waals surface area (Å²) < 4.78 is 9.77. The number of thiol groups is 1. The van der Waals surface area contributed by atoms with E-state index < -0.39 is 41.6 Å². The minimum Gasteiger partial charge on any atom is -0.468 e. The molecule has 1 rings (SSSR count). The molecule has 3 amide bonds. The fourth-order valence-electron chi connectivity index (χ4n) is 2.82. The van der Waals surface area contributed by atoms with Crippen LogP contribution in [-0.2, 0) is 30.3 Å². The molecule has 0 aliphatic carbocycles. The maximum Gasteiger partial charge on any atom is 0.408 e. The molecular formula is C22H33N3O6S. The third-order valence-corrected chi connectivity index (χ3v) is 4.86. The van der Waals surface area contributed by atoms with Crippen molar-refractivity contribution in [2.45, 2.75) is 51.8 Å². The fraction of sp³-hybridized carbons (Fsp3) is 0.545. The van der Waals surface area contributed by atoms with E-state index in [1.807, 2.05) is 19.1 Å². The summed E-state index contributed by atoms with van der Waals surface area (Å²) in [5.74, 6) is -1.73. The average Bonchev–Trinajstić information content (AvgIpc) is 2.74. The highest BCUT2D eigenvalue weighted by molar-refractivity contribution is 7.80. The van der Waals surface area contributed by atoms with Gasteiger partial charge in [0.25, 0.3) is 0 Å². The van der Waals surface area contributed by atoms with Crippen molar-refractivity contribution in [1.82, 2.24) is 15.5 Å². The Kier molecular flexibility index (Phi) is 10.5. The van der Waals surface area contributed by atoms with Crippen LogP contribution in [0.15, 0.2) is 24.3 Å². The van der Waals surface area contributed by atoms with E-state index in [0.717, 1.165) is 12.0 Å². The molecule has 2 unspecified atom stereocenters. The molecule has 0 aliphatic rings. The van der Waals surface area contributed by atoms with E-state index in [1.54, 1.807) is 32.9 Å². The molecule has 9 nitrogen and oxygen atoms in total. The van der Waals surface area contributed by atoms with Gasteiger partial charge in [-0.25, -0.2) is 4.79 Å². The third-order valence-electron chi connectivity index (χ3n) is 4.49. The third kappa shape index (κ3) is 8.41. The molecule has 0 aromatic heterocycles. The molecule has 0 saturated carbocycles. The lowest BCUT2D eigenvalue weighted by Crippen LogP contribution is -2.52. The van der Waals surface area contributed by atoms with Gasteiger partial charge < -0.3 is 25.0 Å². The Labute approximate surface area is 194 Å². The van der Waals surface area contributed by atoms with Gasteiger partial charge in [-0.3, -0.25) is 14.4 Å². The maximum atomic E-state index is 13.1. The number of hydrogen-bond donors (Lipinski definition) is 3. The number of alkyl carbamates (subject to hydrolysis) is 1. The van der Waals surface area contributed by atoms with Crippen molar-refractivity contribution in [1.29, 1.82) is 0 Å². The first-order chi connectivity index (χ1) is 14.9. The van der Waals surface area contributed by atoms with Crippen LogP contribution in [0.1, 0.15) is 44.9 Å². The van der Waals surface area contributed by atoms with Gasteiger partial charge in [0.1, 0.15) is 24.2 Å². The number of ether oxygens (including phenoxy) is 2. The molecule has 0 spiro atoms. The zero-order valence-corrected chi connectivity index (χ0v) is 20.3. The van der Waals surface area contributed by atoms with E-state index in [2.05, 4.69) is 28.0 Å². The van der Waals surface area contributed by atoms with Gasteiger partial charge in [-0.05, 0) is 38.3 Å². The Hall–Kier alpha value is -2.75. The molecule has 0 aliphatic heterocycles. The van der Waals surface area contributed by atoms with Crippen LogP contribution in [0, 0.1) is 0 Å². The fourth-order valence-corrected chi connectivity index (χ4v) is 3.07. The summed E-state index contributed by atoms with van der Waals surface area (Å²) in [6, 6.07) is 5.17. The Bertz CT molecular complexity index is 807. The summed E-state index contributed by atoms with van der Waals surface area (Å²) in [5, 5.41) is 4.98. The predicted molar refractivity (Wildman–Crippen MR) is 123 cm³/mol. The zero-order chi connectivity index (χ0) is 24.5. The van der Waals surface area contributed by atoms with E-state index in [9.17, 15) is 19.2 Å². The SMILES string of the molecule is CCc1ccc(C(C(=O)NCC(=O)OC)N(C)C(=O)C(CS)NC(=O)OC(C)(C)C)cc1. The van der Waals surface area contributed by atoms with Crippen LogP contribution in [0.2, 0.25) is 0 Å². The largest absolute Gasteiger partial charge is 0.468 e.